The number of anilines is 1. The summed E-state index contributed by atoms with van der Waals surface area (Å²) in [5.74, 6) is 0.369. The van der Waals surface area contributed by atoms with E-state index in [-0.39, 0.29) is 11.8 Å². The van der Waals surface area contributed by atoms with E-state index < -0.39 is 0 Å². The van der Waals surface area contributed by atoms with E-state index in [9.17, 15) is 4.79 Å². The highest BCUT2D eigenvalue weighted by molar-refractivity contribution is 7.73. The summed E-state index contributed by atoms with van der Waals surface area (Å²) in [5, 5.41) is 2.94. The highest BCUT2D eigenvalue weighted by Gasteiger charge is 2.29. The molecule has 98 valence electrons. The Bertz CT molecular complexity index is 665. The molecule has 5 heteroatoms. The van der Waals surface area contributed by atoms with E-state index in [0.29, 0.717) is 0 Å². The summed E-state index contributed by atoms with van der Waals surface area (Å²) in [5.41, 5.74) is 3.01. The van der Waals surface area contributed by atoms with E-state index in [1.807, 2.05) is 24.3 Å². The van der Waals surface area contributed by atoms with Crippen LogP contribution in [0.1, 0.15) is 17.7 Å². The standard InChI is InChI=1S/C14H14N2OS2/c1-8-12(16-14(18)19-8)9-4-6-11(7-5-9)15-13(17)10-2-3-10/h4-7,10H,2-3H2,1H3,(H,15,17)(H,16,18). The second-order valence-corrected chi connectivity index (χ2v) is 6.68. The predicted molar refractivity (Wildman–Crippen MR) is 81.0 cm³/mol. The maximum Gasteiger partial charge on any atom is 0.227 e. The molecule has 2 aromatic rings. The third-order valence-corrected chi connectivity index (χ3v) is 4.36. The number of nitrogens with one attached hydrogen (secondary N) is 2. The van der Waals surface area contributed by atoms with Crippen LogP contribution in [0.3, 0.4) is 0 Å². The Morgan fingerprint density at radius 1 is 1.37 bits per heavy atom. The van der Waals surface area contributed by atoms with Crippen molar-refractivity contribution in [3.63, 3.8) is 0 Å². The van der Waals surface area contributed by atoms with Crippen molar-refractivity contribution in [3.8, 4) is 11.3 Å². The van der Waals surface area contributed by atoms with Gasteiger partial charge in [0.2, 0.25) is 5.91 Å². The fourth-order valence-corrected chi connectivity index (χ4v) is 3.17. The number of H-pyrrole nitrogens is 1. The predicted octanol–water partition coefficient (Wildman–Crippen LogP) is 4.13. The molecule has 1 amide bonds. The molecule has 0 unspecified atom stereocenters. The van der Waals surface area contributed by atoms with Crippen molar-refractivity contribution in [2.75, 3.05) is 5.32 Å². The van der Waals surface area contributed by atoms with Crippen LogP contribution in [0.15, 0.2) is 24.3 Å². The summed E-state index contributed by atoms with van der Waals surface area (Å²) >= 11 is 6.73. The van der Waals surface area contributed by atoms with Gasteiger partial charge in [0.15, 0.2) is 3.95 Å². The average molecular weight is 290 g/mol. The van der Waals surface area contributed by atoms with Gasteiger partial charge in [0.1, 0.15) is 0 Å². The van der Waals surface area contributed by atoms with Crippen molar-refractivity contribution < 1.29 is 4.79 Å². The fraction of sp³-hybridized carbons (Fsp3) is 0.286. The van der Waals surface area contributed by atoms with Gasteiger partial charge in [-0.3, -0.25) is 4.79 Å². The number of thiazole rings is 1. The number of rotatable bonds is 3. The maximum absolute atomic E-state index is 11.7. The lowest BCUT2D eigenvalue weighted by Gasteiger charge is -2.05. The van der Waals surface area contributed by atoms with Crippen LogP contribution in [-0.4, -0.2) is 10.9 Å². The van der Waals surface area contributed by atoms with Gasteiger partial charge in [0, 0.05) is 16.5 Å². The zero-order valence-corrected chi connectivity index (χ0v) is 12.2. The molecule has 3 rings (SSSR count). The van der Waals surface area contributed by atoms with Crippen LogP contribution < -0.4 is 5.32 Å². The van der Waals surface area contributed by atoms with E-state index >= 15 is 0 Å². The second-order valence-electron chi connectivity index (χ2n) is 4.79. The zero-order chi connectivity index (χ0) is 13.4. The zero-order valence-electron chi connectivity index (χ0n) is 10.5. The van der Waals surface area contributed by atoms with Gasteiger partial charge in [-0.1, -0.05) is 12.1 Å². The molecule has 0 radical (unpaired) electrons. The first-order chi connectivity index (χ1) is 9.13. The lowest BCUT2D eigenvalue weighted by molar-refractivity contribution is -0.117. The molecule has 0 atom stereocenters. The maximum atomic E-state index is 11.7. The number of hydrogen-bond donors (Lipinski definition) is 2. The number of aromatic amines is 1. The van der Waals surface area contributed by atoms with E-state index in [4.69, 9.17) is 12.2 Å². The van der Waals surface area contributed by atoms with Gasteiger partial charge in [0.05, 0.1) is 5.69 Å². The molecule has 1 aliphatic rings. The van der Waals surface area contributed by atoms with Gasteiger partial charge in [0.25, 0.3) is 0 Å². The first-order valence-electron chi connectivity index (χ1n) is 6.24. The van der Waals surface area contributed by atoms with Crippen LogP contribution in [0.25, 0.3) is 11.3 Å². The highest BCUT2D eigenvalue weighted by Crippen LogP contribution is 2.31. The Labute approximate surface area is 120 Å². The summed E-state index contributed by atoms with van der Waals surface area (Å²) < 4.78 is 0.790. The normalized spacial score (nSPS) is 14.4. The Morgan fingerprint density at radius 2 is 2.05 bits per heavy atom. The van der Waals surface area contributed by atoms with Gasteiger partial charge >= 0.3 is 0 Å². The molecule has 19 heavy (non-hydrogen) atoms. The molecule has 1 aromatic heterocycles. The van der Waals surface area contributed by atoms with Gasteiger partial charge in [-0.2, -0.15) is 0 Å². The monoisotopic (exact) mass is 290 g/mol. The van der Waals surface area contributed by atoms with E-state index in [1.165, 1.54) is 4.88 Å². The fourth-order valence-electron chi connectivity index (χ4n) is 1.99. The van der Waals surface area contributed by atoms with E-state index in [1.54, 1.807) is 11.3 Å². The minimum Gasteiger partial charge on any atom is -0.337 e. The van der Waals surface area contributed by atoms with E-state index in [2.05, 4.69) is 17.2 Å². The Balaban J connectivity index is 1.80. The lowest BCUT2D eigenvalue weighted by atomic mass is 10.1. The van der Waals surface area contributed by atoms with Gasteiger partial charge in [-0.05, 0) is 49.7 Å². The van der Waals surface area contributed by atoms with Crippen LogP contribution in [0.4, 0.5) is 5.69 Å². The number of carbonyl (C=O) groups excluding carboxylic acids is 1. The van der Waals surface area contributed by atoms with Crippen molar-refractivity contribution in [2.45, 2.75) is 19.8 Å². The molecule has 0 aliphatic heterocycles. The van der Waals surface area contributed by atoms with Crippen LogP contribution >= 0.6 is 23.6 Å². The summed E-state index contributed by atoms with van der Waals surface area (Å²) in [6.45, 7) is 2.05. The highest BCUT2D eigenvalue weighted by atomic mass is 32.1. The average Bonchev–Trinajstić information content (AvgIpc) is 3.16. The third kappa shape index (κ3) is 2.77. The minimum atomic E-state index is 0.138. The minimum absolute atomic E-state index is 0.138. The van der Waals surface area contributed by atoms with Crippen molar-refractivity contribution >= 4 is 35.1 Å². The first kappa shape index (κ1) is 12.6. The molecule has 2 N–H and O–H groups in total. The van der Waals surface area contributed by atoms with Crippen molar-refractivity contribution in [2.24, 2.45) is 5.92 Å². The van der Waals surface area contributed by atoms with Gasteiger partial charge < -0.3 is 10.3 Å². The topological polar surface area (TPSA) is 44.9 Å². The van der Waals surface area contributed by atoms with Crippen LogP contribution in [0, 0.1) is 16.8 Å². The van der Waals surface area contributed by atoms with Crippen LogP contribution in [0.2, 0.25) is 0 Å². The molecule has 1 heterocycles. The molecular weight excluding hydrogens is 276 g/mol. The van der Waals surface area contributed by atoms with Crippen LogP contribution in [0.5, 0.6) is 0 Å². The van der Waals surface area contributed by atoms with Gasteiger partial charge in [-0.25, -0.2) is 0 Å². The SMILES string of the molecule is Cc1sc(=S)[nH]c1-c1ccc(NC(=O)C2CC2)cc1. The number of benzene rings is 1. The number of carbonyl (C=O) groups is 1. The number of hydrogen-bond acceptors (Lipinski definition) is 3. The van der Waals surface area contributed by atoms with Crippen molar-refractivity contribution in [1.82, 2.24) is 4.98 Å². The molecular formula is C14H14N2OS2. The summed E-state index contributed by atoms with van der Waals surface area (Å²) in [6.07, 6.45) is 2.04. The van der Waals surface area contributed by atoms with Gasteiger partial charge in [-0.15, -0.1) is 11.3 Å². The smallest absolute Gasteiger partial charge is 0.227 e. The molecule has 1 fully saturated rings. The molecule has 1 aliphatic carbocycles. The lowest BCUT2D eigenvalue weighted by Crippen LogP contribution is -2.12. The quantitative estimate of drug-likeness (QED) is 0.835. The largest absolute Gasteiger partial charge is 0.337 e. The molecule has 0 bridgehead atoms. The first-order valence-corrected chi connectivity index (χ1v) is 7.47. The summed E-state index contributed by atoms with van der Waals surface area (Å²) in [4.78, 5) is 16.0. The molecule has 0 saturated heterocycles. The second kappa shape index (κ2) is 4.90. The van der Waals surface area contributed by atoms with E-state index in [0.717, 1.165) is 33.7 Å². The Morgan fingerprint density at radius 3 is 2.58 bits per heavy atom. The molecule has 3 nitrogen and oxygen atoms in total. The Hall–Kier alpha value is -1.46. The van der Waals surface area contributed by atoms with Crippen molar-refractivity contribution in [1.29, 1.82) is 0 Å². The third-order valence-electron chi connectivity index (χ3n) is 3.21. The Kier molecular flexibility index (Phi) is 3.24. The summed E-state index contributed by atoms with van der Waals surface area (Å²) in [6, 6.07) is 7.87. The number of aromatic nitrogens is 1. The molecule has 0 spiro atoms. The van der Waals surface area contributed by atoms with Crippen molar-refractivity contribution in [3.05, 3.63) is 33.1 Å². The number of amides is 1. The summed E-state index contributed by atoms with van der Waals surface area (Å²) in [7, 11) is 0. The van der Waals surface area contributed by atoms with Crippen LogP contribution in [-0.2, 0) is 4.79 Å². The number of aryl methyl sites for hydroxylation is 1. The molecule has 1 aromatic carbocycles. The molecule has 1 saturated carbocycles.